The van der Waals surface area contributed by atoms with E-state index in [1.165, 1.54) is 0 Å². The van der Waals surface area contributed by atoms with Gasteiger partial charge in [-0.15, -0.1) is 11.3 Å². The fourth-order valence-corrected chi connectivity index (χ4v) is 4.83. The first-order chi connectivity index (χ1) is 11.5. The first-order valence-electron chi connectivity index (χ1n) is 8.22. The normalized spacial score (nSPS) is 25.2. The van der Waals surface area contributed by atoms with E-state index in [9.17, 15) is 9.90 Å². The Morgan fingerprint density at radius 1 is 1.33 bits per heavy atom. The zero-order valence-corrected chi connectivity index (χ0v) is 15.1. The summed E-state index contributed by atoms with van der Waals surface area (Å²) >= 11 is 7.50. The lowest BCUT2D eigenvalue weighted by atomic mass is 9.67. The number of carbonyl (C=O) groups is 1. The number of rotatable bonds is 4. The van der Waals surface area contributed by atoms with Gasteiger partial charge < -0.3 is 9.84 Å². The highest BCUT2D eigenvalue weighted by molar-refractivity contribution is 7.10. The molecule has 0 radical (unpaired) electrons. The van der Waals surface area contributed by atoms with E-state index < -0.39 is 11.5 Å². The van der Waals surface area contributed by atoms with Gasteiger partial charge in [-0.3, -0.25) is 0 Å². The number of halogens is 1. The number of benzene rings is 1. The Balaban J connectivity index is 1.89. The second-order valence-corrected chi connectivity index (χ2v) is 7.72. The van der Waals surface area contributed by atoms with Gasteiger partial charge in [0.25, 0.3) is 0 Å². The van der Waals surface area contributed by atoms with E-state index >= 15 is 0 Å². The number of thiophene rings is 1. The molecule has 1 N–H and O–H groups in total. The van der Waals surface area contributed by atoms with E-state index in [4.69, 9.17) is 16.3 Å². The fourth-order valence-electron chi connectivity index (χ4n) is 3.62. The SMILES string of the molecule is C[C@H](O)[C@]1(c2cccs2)CCCC[C@@H]1OC(=O)c1ccc(Cl)cc1. The van der Waals surface area contributed by atoms with Crippen LogP contribution in [-0.2, 0) is 10.2 Å². The zero-order chi connectivity index (χ0) is 17.2. The molecule has 1 aromatic carbocycles. The Hall–Kier alpha value is -1.36. The largest absolute Gasteiger partial charge is 0.458 e. The lowest BCUT2D eigenvalue weighted by Crippen LogP contribution is -2.51. The molecule has 0 amide bonds. The summed E-state index contributed by atoms with van der Waals surface area (Å²) in [6.07, 6.45) is 2.70. The second-order valence-electron chi connectivity index (χ2n) is 6.34. The van der Waals surface area contributed by atoms with Crippen LogP contribution in [0.3, 0.4) is 0 Å². The van der Waals surface area contributed by atoms with Crippen LogP contribution in [0.4, 0.5) is 0 Å². The maximum atomic E-state index is 12.6. The van der Waals surface area contributed by atoms with E-state index in [0.717, 1.165) is 30.6 Å². The molecule has 1 aliphatic carbocycles. The van der Waals surface area contributed by atoms with Crippen LogP contribution < -0.4 is 0 Å². The summed E-state index contributed by atoms with van der Waals surface area (Å²) in [6.45, 7) is 1.80. The first kappa shape index (κ1) is 17.5. The van der Waals surface area contributed by atoms with Crippen LogP contribution in [-0.4, -0.2) is 23.3 Å². The molecule has 0 saturated heterocycles. The van der Waals surface area contributed by atoms with Crippen LogP contribution in [0.2, 0.25) is 5.02 Å². The third kappa shape index (κ3) is 3.23. The van der Waals surface area contributed by atoms with Gasteiger partial charge in [-0.1, -0.05) is 24.1 Å². The maximum Gasteiger partial charge on any atom is 0.338 e. The lowest BCUT2D eigenvalue weighted by Gasteiger charge is -2.45. The van der Waals surface area contributed by atoms with Gasteiger partial charge >= 0.3 is 5.97 Å². The van der Waals surface area contributed by atoms with E-state index in [1.54, 1.807) is 42.5 Å². The summed E-state index contributed by atoms with van der Waals surface area (Å²) in [5.41, 5.74) is -0.0373. The first-order valence-corrected chi connectivity index (χ1v) is 9.48. The summed E-state index contributed by atoms with van der Waals surface area (Å²) < 4.78 is 5.88. The molecule has 1 aromatic heterocycles. The van der Waals surface area contributed by atoms with Gasteiger partial charge in [0, 0.05) is 9.90 Å². The van der Waals surface area contributed by atoms with Crippen molar-refractivity contribution in [2.24, 2.45) is 0 Å². The molecule has 3 rings (SSSR count). The van der Waals surface area contributed by atoms with Crippen molar-refractivity contribution < 1.29 is 14.6 Å². The number of hydrogen-bond acceptors (Lipinski definition) is 4. The number of hydrogen-bond donors (Lipinski definition) is 1. The molecule has 0 spiro atoms. The topological polar surface area (TPSA) is 46.5 Å². The van der Waals surface area contributed by atoms with E-state index in [-0.39, 0.29) is 12.1 Å². The average molecular weight is 365 g/mol. The quantitative estimate of drug-likeness (QED) is 0.791. The molecule has 2 aromatic rings. The summed E-state index contributed by atoms with van der Waals surface area (Å²) in [5.74, 6) is -0.361. The van der Waals surface area contributed by atoms with Crippen molar-refractivity contribution in [1.29, 1.82) is 0 Å². The lowest BCUT2D eigenvalue weighted by molar-refractivity contribution is -0.0508. The Kier molecular flexibility index (Phi) is 5.28. The predicted octanol–water partition coefficient (Wildman–Crippen LogP) is 4.82. The summed E-state index contributed by atoms with van der Waals surface area (Å²) in [5, 5.41) is 13.2. The molecular formula is C19H21ClO3S. The molecule has 128 valence electrons. The van der Waals surface area contributed by atoms with Gasteiger partial charge in [-0.25, -0.2) is 4.79 Å². The van der Waals surface area contributed by atoms with Crippen molar-refractivity contribution in [1.82, 2.24) is 0 Å². The minimum atomic E-state index is -0.584. The Bertz CT molecular complexity index is 681. The van der Waals surface area contributed by atoms with Gasteiger partial charge in [-0.2, -0.15) is 0 Å². The van der Waals surface area contributed by atoms with Crippen LogP contribution in [0, 0.1) is 0 Å². The van der Waals surface area contributed by atoms with Gasteiger partial charge in [0.1, 0.15) is 6.10 Å². The third-order valence-electron chi connectivity index (χ3n) is 4.94. The third-order valence-corrected chi connectivity index (χ3v) is 6.25. The standard InChI is InChI=1S/C19H21ClO3S/c1-13(21)19(17-6-4-12-24-17)11-3-2-5-16(19)23-18(22)14-7-9-15(20)10-8-14/h4,6-10,12-13,16,21H,2-3,5,11H2,1H3/t13-,16-,19+/m0/s1. The second kappa shape index (κ2) is 7.26. The fraction of sp³-hybridized carbons (Fsp3) is 0.421. The Morgan fingerprint density at radius 2 is 2.08 bits per heavy atom. The van der Waals surface area contributed by atoms with E-state index in [1.807, 2.05) is 17.5 Å². The van der Waals surface area contributed by atoms with Gasteiger partial charge in [0.2, 0.25) is 0 Å². The molecular weight excluding hydrogens is 344 g/mol. The van der Waals surface area contributed by atoms with E-state index in [2.05, 4.69) is 0 Å². The van der Waals surface area contributed by atoms with Crippen LogP contribution >= 0.6 is 22.9 Å². The van der Waals surface area contributed by atoms with Crippen molar-refractivity contribution in [2.75, 3.05) is 0 Å². The number of carbonyl (C=O) groups excluding carboxylic acids is 1. The Morgan fingerprint density at radius 3 is 2.71 bits per heavy atom. The highest BCUT2D eigenvalue weighted by Crippen LogP contribution is 2.46. The molecule has 5 heteroatoms. The van der Waals surface area contributed by atoms with Crippen molar-refractivity contribution in [3.8, 4) is 0 Å². The van der Waals surface area contributed by atoms with Gasteiger partial charge in [-0.05, 0) is 61.9 Å². The summed E-state index contributed by atoms with van der Waals surface area (Å²) in [4.78, 5) is 13.6. The average Bonchev–Trinajstić information content (AvgIpc) is 3.10. The molecule has 0 aliphatic heterocycles. The minimum absolute atomic E-state index is 0.326. The van der Waals surface area contributed by atoms with Crippen LogP contribution in [0.15, 0.2) is 41.8 Å². The smallest absolute Gasteiger partial charge is 0.338 e. The molecule has 3 atom stereocenters. The van der Waals surface area contributed by atoms with Crippen molar-refractivity contribution >= 4 is 28.9 Å². The summed E-state index contributed by atoms with van der Waals surface area (Å²) in [6, 6.07) is 10.7. The monoisotopic (exact) mass is 364 g/mol. The number of aliphatic hydroxyl groups is 1. The summed E-state index contributed by atoms with van der Waals surface area (Å²) in [7, 11) is 0. The highest BCUT2D eigenvalue weighted by atomic mass is 35.5. The van der Waals surface area contributed by atoms with Crippen molar-refractivity contribution in [2.45, 2.75) is 50.2 Å². The molecule has 0 unspecified atom stereocenters. The van der Waals surface area contributed by atoms with Crippen LogP contribution in [0.5, 0.6) is 0 Å². The predicted molar refractivity (Wildman–Crippen MR) is 96.8 cm³/mol. The molecule has 1 aliphatic rings. The van der Waals surface area contributed by atoms with Crippen LogP contribution in [0.25, 0.3) is 0 Å². The van der Waals surface area contributed by atoms with E-state index in [0.29, 0.717) is 10.6 Å². The Labute approximate surface area is 151 Å². The molecule has 0 bridgehead atoms. The zero-order valence-electron chi connectivity index (χ0n) is 13.6. The van der Waals surface area contributed by atoms with Crippen molar-refractivity contribution in [3.63, 3.8) is 0 Å². The molecule has 1 fully saturated rings. The molecule has 24 heavy (non-hydrogen) atoms. The highest BCUT2D eigenvalue weighted by Gasteiger charge is 2.49. The number of ether oxygens (including phenoxy) is 1. The van der Waals surface area contributed by atoms with Crippen LogP contribution in [0.1, 0.15) is 47.8 Å². The maximum absolute atomic E-state index is 12.6. The number of esters is 1. The van der Waals surface area contributed by atoms with Gasteiger partial charge in [0.05, 0.1) is 17.1 Å². The number of aliphatic hydroxyl groups excluding tert-OH is 1. The molecule has 1 heterocycles. The molecule has 1 saturated carbocycles. The van der Waals surface area contributed by atoms with Gasteiger partial charge in [0.15, 0.2) is 0 Å². The molecule has 3 nitrogen and oxygen atoms in total. The van der Waals surface area contributed by atoms with Crippen molar-refractivity contribution in [3.05, 3.63) is 57.2 Å². The minimum Gasteiger partial charge on any atom is -0.458 e.